The van der Waals surface area contributed by atoms with Crippen LogP contribution in [0, 0.1) is 0 Å². The van der Waals surface area contributed by atoms with Gasteiger partial charge in [-0.2, -0.15) is 16.4 Å². The van der Waals surface area contributed by atoms with Crippen LogP contribution in [0.15, 0.2) is 59.9 Å². The fraction of sp³-hybridized carbons (Fsp3) is 0.192. The van der Waals surface area contributed by atoms with Crippen molar-refractivity contribution in [3.63, 3.8) is 0 Å². The summed E-state index contributed by atoms with van der Waals surface area (Å²) in [5.41, 5.74) is 7.54. The maximum atomic E-state index is 13.6. The first-order valence-corrected chi connectivity index (χ1v) is 12.7. The smallest absolute Gasteiger partial charge is 0.261 e. The molecule has 6 aromatic rings. The van der Waals surface area contributed by atoms with Crippen molar-refractivity contribution in [2.45, 2.75) is 18.9 Å². The number of alkyl halides is 2. The number of H-pyrrole nitrogens is 2. The molecule has 0 radical (unpaired) electrons. The molecule has 1 fully saturated rings. The van der Waals surface area contributed by atoms with Crippen LogP contribution >= 0.6 is 11.3 Å². The zero-order valence-corrected chi connectivity index (χ0v) is 20.3. The summed E-state index contributed by atoms with van der Waals surface area (Å²) in [6, 6.07) is 5.95. The van der Waals surface area contributed by atoms with Crippen LogP contribution in [0.2, 0.25) is 0 Å². The molecule has 7 heterocycles. The summed E-state index contributed by atoms with van der Waals surface area (Å²) in [6.07, 6.45) is 8.66. The molecular weight excluding hydrogens is 494 g/mol. The average Bonchev–Trinajstić information content (AvgIpc) is 3.69. The number of nitrogens with zero attached hydrogens (tertiary/aromatic N) is 6. The first kappa shape index (κ1) is 22.1. The molecule has 8 nitrogen and oxygen atoms in total. The number of likely N-dealkylation sites (tertiary alicyclic amines) is 1. The molecular formula is C26H20F2N8S. The molecule has 0 unspecified atom stereocenters. The van der Waals surface area contributed by atoms with Crippen molar-refractivity contribution in [1.82, 2.24) is 40.0 Å². The number of thiophene rings is 1. The topological polar surface area (TPSA) is 99.3 Å². The summed E-state index contributed by atoms with van der Waals surface area (Å²) >= 11 is 1.63. The quantitative estimate of drug-likeness (QED) is 0.314. The van der Waals surface area contributed by atoms with E-state index in [0.29, 0.717) is 30.3 Å². The second kappa shape index (κ2) is 8.49. The number of halogens is 2. The molecule has 0 aromatic carbocycles. The molecule has 0 amide bonds. The van der Waals surface area contributed by atoms with E-state index in [1.54, 1.807) is 41.0 Å². The Morgan fingerprint density at radius 3 is 2.78 bits per heavy atom. The van der Waals surface area contributed by atoms with Gasteiger partial charge < -0.3 is 4.98 Å². The Hall–Kier alpha value is -4.09. The van der Waals surface area contributed by atoms with Crippen LogP contribution in [-0.4, -0.2) is 59.0 Å². The van der Waals surface area contributed by atoms with Crippen molar-refractivity contribution in [3.8, 4) is 33.9 Å². The van der Waals surface area contributed by atoms with Gasteiger partial charge in [0, 0.05) is 54.6 Å². The highest BCUT2D eigenvalue weighted by atomic mass is 32.1. The minimum Gasteiger partial charge on any atom is -0.335 e. The number of nitrogens with one attached hydrogen (secondary N) is 2. The van der Waals surface area contributed by atoms with Crippen LogP contribution in [0.5, 0.6) is 0 Å². The van der Waals surface area contributed by atoms with Crippen molar-refractivity contribution < 1.29 is 8.78 Å². The zero-order chi connectivity index (χ0) is 25.0. The van der Waals surface area contributed by atoms with E-state index in [1.165, 1.54) is 0 Å². The highest BCUT2D eigenvalue weighted by molar-refractivity contribution is 7.08. The van der Waals surface area contributed by atoms with Crippen molar-refractivity contribution in [2.24, 2.45) is 0 Å². The molecule has 1 saturated heterocycles. The van der Waals surface area contributed by atoms with Gasteiger partial charge in [-0.3, -0.25) is 25.0 Å². The second-order valence-electron chi connectivity index (χ2n) is 9.27. The molecule has 0 spiro atoms. The predicted molar refractivity (Wildman–Crippen MR) is 138 cm³/mol. The minimum atomic E-state index is -2.62. The van der Waals surface area contributed by atoms with Crippen LogP contribution in [0.4, 0.5) is 8.78 Å². The van der Waals surface area contributed by atoms with Gasteiger partial charge >= 0.3 is 0 Å². The number of hydrogen-bond donors (Lipinski definition) is 2. The second-order valence-corrected chi connectivity index (χ2v) is 10.0. The summed E-state index contributed by atoms with van der Waals surface area (Å²) in [6.45, 7) is 0.580. The van der Waals surface area contributed by atoms with Gasteiger partial charge in [-0.1, -0.05) is 0 Å². The number of imidazole rings is 1. The van der Waals surface area contributed by atoms with E-state index in [1.807, 2.05) is 23.7 Å². The lowest BCUT2D eigenvalue weighted by molar-refractivity contribution is 0.0115. The lowest BCUT2D eigenvalue weighted by Crippen LogP contribution is -2.24. The normalized spacial score (nSPS) is 15.7. The average molecular weight is 515 g/mol. The Balaban J connectivity index is 1.24. The van der Waals surface area contributed by atoms with E-state index in [9.17, 15) is 8.78 Å². The molecule has 184 valence electrons. The Morgan fingerprint density at radius 2 is 1.95 bits per heavy atom. The lowest BCUT2D eigenvalue weighted by atomic mass is 10.1. The highest BCUT2D eigenvalue weighted by Crippen LogP contribution is 2.33. The summed E-state index contributed by atoms with van der Waals surface area (Å²) < 4.78 is 27.2. The summed E-state index contributed by atoms with van der Waals surface area (Å²) in [4.78, 5) is 23.3. The fourth-order valence-electron chi connectivity index (χ4n) is 4.84. The minimum absolute atomic E-state index is 0.103. The van der Waals surface area contributed by atoms with Gasteiger partial charge in [-0.25, -0.2) is 13.8 Å². The van der Waals surface area contributed by atoms with Crippen LogP contribution in [0.3, 0.4) is 0 Å². The van der Waals surface area contributed by atoms with Crippen LogP contribution in [0.25, 0.3) is 55.8 Å². The van der Waals surface area contributed by atoms with E-state index < -0.39 is 5.92 Å². The van der Waals surface area contributed by atoms with Gasteiger partial charge in [0.2, 0.25) is 0 Å². The number of fused-ring (bicyclic) bond motifs is 2. The Kier molecular flexibility index (Phi) is 5.08. The number of rotatable bonds is 5. The molecule has 7 rings (SSSR count). The van der Waals surface area contributed by atoms with E-state index in [2.05, 4.69) is 41.6 Å². The number of aromatic amines is 2. The molecule has 37 heavy (non-hydrogen) atoms. The van der Waals surface area contributed by atoms with Gasteiger partial charge in [-0.05, 0) is 40.1 Å². The third-order valence-electron chi connectivity index (χ3n) is 6.64. The molecule has 1 aliphatic rings. The number of pyridine rings is 3. The number of hydrogen-bond acceptors (Lipinski definition) is 7. The molecule has 0 aliphatic carbocycles. The Labute approximate surface area is 213 Å². The van der Waals surface area contributed by atoms with Crippen LogP contribution in [0.1, 0.15) is 12.0 Å². The molecule has 0 atom stereocenters. The maximum absolute atomic E-state index is 13.6. The van der Waals surface area contributed by atoms with Gasteiger partial charge in [0.15, 0.2) is 5.82 Å². The molecule has 11 heteroatoms. The number of aromatic nitrogens is 7. The van der Waals surface area contributed by atoms with Gasteiger partial charge in [0.05, 0.1) is 35.7 Å². The maximum Gasteiger partial charge on any atom is 0.261 e. The molecule has 0 saturated carbocycles. The van der Waals surface area contributed by atoms with E-state index in [0.717, 1.165) is 44.2 Å². The van der Waals surface area contributed by atoms with Gasteiger partial charge in [-0.15, -0.1) is 0 Å². The van der Waals surface area contributed by atoms with Crippen LogP contribution < -0.4 is 0 Å². The van der Waals surface area contributed by atoms with Crippen molar-refractivity contribution >= 4 is 33.3 Å². The van der Waals surface area contributed by atoms with Gasteiger partial charge in [0.1, 0.15) is 11.2 Å². The van der Waals surface area contributed by atoms with Crippen LogP contribution in [-0.2, 0) is 6.54 Å². The zero-order valence-electron chi connectivity index (χ0n) is 19.4. The summed E-state index contributed by atoms with van der Waals surface area (Å²) in [5.74, 6) is -1.99. The largest absolute Gasteiger partial charge is 0.335 e. The third kappa shape index (κ3) is 4.05. The van der Waals surface area contributed by atoms with Crippen molar-refractivity contribution in [1.29, 1.82) is 0 Å². The predicted octanol–water partition coefficient (Wildman–Crippen LogP) is 5.53. The van der Waals surface area contributed by atoms with E-state index in [-0.39, 0.29) is 13.0 Å². The molecule has 0 bridgehead atoms. The molecule has 2 N–H and O–H groups in total. The molecule has 6 aromatic heterocycles. The summed E-state index contributed by atoms with van der Waals surface area (Å²) in [5, 5.41) is 12.5. The third-order valence-corrected chi connectivity index (χ3v) is 7.33. The fourth-order valence-corrected chi connectivity index (χ4v) is 5.50. The van der Waals surface area contributed by atoms with E-state index >= 15 is 0 Å². The van der Waals surface area contributed by atoms with Crippen molar-refractivity contribution in [2.75, 3.05) is 13.1 Å². The first-order chi connectivity index (χ1) is 18.0. The Bertz CT molecular complexity index is 1740. The first-order valence-electron chi connectivity index (χ1n) is 11.8. The van der Waals surface area contributed by atoms with Gasteiger partial charge in [0.25, 0.3) is 5.92 Å². The highest BCUT2D eigenvalue weighted by Gasteiger charge is 2.37. The standard InChI is InChI=1S/C26H20F2N8S/c27-26(28)2-3-36(14-26)12-15-5-17(8-29-7-15)20-6-18-21(11-31-20)34-35-24(18)25-32-22-10-30-9-19(23(22)33-25)16-1-4-37-13-16/h1,4-11,13H,2-3,12,14H2,(H,32,33)(H,34,35). The Morgan fingerprint density at radius 1 is 1.03 bits per heavy atom. The van der Waals surface area contributed by atoms with Crippen molar-refractivity contribution in [3.05, 3.63) is 65.5 Å². The summed E-state index contributed by atoms with van der Waals surface area (Å²) in [7, 11) is 0. The lowest BCUT2D eigenvalue weighted by Gasteiger charge is -2.15. The van der Waals surface area contributed by atoms with E-state index in [4.69, 9.17) is 4.98 Å². The SMILES string of the molecule is FC1(F)CCN(Cc2cncc(-c3cc4c(-c5nc6c(-c7ccsc7)cncc6[nH]5)n[nH]c4cn3)c2)C1. The monoisotopic (exact) mass is 514 g/mol. The molecule has 1 aliphatic heterocycles.